The van der Waals surface area contributed by atoms with Crippen LogP contribution in [-0.4, -0.2) is 42.2 Å². The monoisotopic (exact) mass is 268 g/mol. The van der Waals surface area contributed by atoms with Gasteiger partial charge in [0.25, 0.3) is 0 Å². The third-order valence-corrected chi connectivity index (χ3v) is 2.98. The number of carbonyl (C=O) groups excluding carboxylic acids is 1. The number of benzene rings is 1. The lowest BCUT2D eigenvalue weighted by Crippen LogP contribution is -2.40. The Hall–Kier alpha value is -1.20. The van der Waals surface area contributed by atoms with Crippen molar-refractivity contribution in [1.82, 2.24) is 9.21 Å². The van der Waals surface area contributed by atoms with Gasteiger partial charge in [-0.05, 0) is 18.9 Å². The van der Waals surface area contributed by atoms with Gasteiger partial charge < -0.3 is 9.64 Å². The van der Waals surface area contributed by atoms with Crippen LogP contribution in [0.1, 0.15) is 12.5 Å². The van der Waals surface area contributed by atoms with Gasteiger partial charge in [-0.2, -0.15) is 0 Å². The zero-order valence-electron chi connectivity index (χ0n) is 10.9. The molecule has 0 saturated carbocycles. The molecule has 2 amide bonds. The highest BCUT2D eigenvalue weighted by molar-refractivity contribution is 7.78. The molecule has 1 aromatic carbocycles. The molecule has 0 heterocycles. The van der Waals surface area contributed by atoms with E-state index < -0.39 is 0 Å². The molecule has 0 radical (unpaired) electrons. The van der Waals surface area contributed by atoms with Crippen molar-refractivity contribution in [1.29, 1.82) is 0 Å². The normalized spacial score (nSPS) is 10.2. The van der Waals surface area contributed by atoms with Gasteiger partial charge in [-0.25, -0.2) is 4.79 Å². The molecule has 0 spiro atoms. The Kier molecular flexibility index (Phi) is 6.60. The minimum Gasteiger partial charge on any atom is -0.364 e. The maximum absolute atomic E-state index is 12.0. The summed E-state index contributed by atoms with van der Waals surface area (Å²) in [6.45, 7) is 3.38. The smallest absolute Gasteiger partial charge is 0.331 e. The molecular formula is C13H20N2O2S. The van der Waals surface area contributed by atoms with E-state index in [9.17, 15) is 4.79 Å². The zero-order valence-corrected chi connectivity index (χ0v) is 11.8. The lowest BCUT2D eigenvalue weighted by Gasteiger charge is -2.25. The topological polar surface area (TPSA) is 32.8 Å². The molecule has 4 nitrogen and oxygen atoms in total. The fraction of sp³-hybridized carbons (Fsp3) is 0.462. The molecule has 0 N–H and O–H groups in total. The van der Waals surface area contributed by atoms with Crippen LogP contribution in [-0.2, 0) is 11.2 Å². The zero-order chi connectivity index (χ0) is 13.4. The molecule has 0 aliphatic carbocycles. The molecule has 0 fully saturated rings. The minimum absolute atomic E-state index is 0.126. The van der Waals surface area contributed by atoms with Gasteiger partial charge in [0.15, 0.2) is 0 Å². The average Bonchev–Trinajstić information content (AvgIpc) is 2.42. The van der Waals surface area contributed by atoms with Crippen molar-refractivity contribution in [2.24, 2.45) is 0 Å². The lowest BCUT2D eigenvalue weighted by atomic mass is 10.1. The molecule has 0 aliphatic rings. The van der Waals surface area contributed by atoms with Crippen LogP contribution in [0.4, 0.5) is 4.79 Å². The van der Waals surface area contributed by atoms with Gasteiger partial charge in [0, 0.05) is 20.2 Å². The van der Waals surface area contributed by atoms with Crippen molar-refractivity contribution in [3.05, 3.63) is 35.9 Å². The quantitative estimate of drug-likeness (QED) is 0.635. The number of methoxy groups -OCH3 is 1. The molecule has 100 valence electrons. The van der Waals surface area contributed by atoms with Crippen molar-refractivity contribution in [2.75, 3.05) is 26.9 Å². The summed E-state index contributed by atoms with van der Waals surface area (Å²) in [5.74, 6) is 0. The summed E-state index contributed by atoms with van der Waals surface area (Å²) in [6, 6.07) is 9.91. The average molecular weight is 268 g/mol. The standard InChI is InChI=1S/C13H20N2O2S/c1-3-14(11-17-2)13(16)15(18)10-9-12-7-5-4-6-8-12/h4-8,18H,3,9-11H2,1-2H3. The highest BCUT2D eigenvalue weighted by atomic mass is 32.1. The first-order valence-electron chi connectivity index (χ1n) is 5.97. The number of amides is 2. The van der Waals surface area contributed by atoms with E-state index in [1.165, 1.54) is 9.87 Å². The van der Waals surface area contributed by atoms with E-state index in [2.05, 4.69) is 12.8 Å². The van der Waals surface area contributed by atoms with E-state index in [1.807, 2.05) is 37.3 Å². The molecule has 18 heavy (non-hydrogen) atoms. The lowest BCUT2D eigenvalue weighted by molar-refractivity contribution is 0.0792. The van der Waals surface area contributed by atoms with E-state index in [-0.39, 0.29) is 12.8 Å². The number of carbonyl (C=O) groups is 1. The van der Waals surface area contributed by atoms with Crippen LogP contribution in [0, 0.1) is 0 Å². The minimum atomic E-state index is -0.126. The second kappa shape index (κ2) is 8.00. The summed E-state index contributed by atoms with van der Waals surface area (Å²) in [5.41, 5.74) is 1.19. The van der Waals surface area contributed by atoms with E-state index in [1.54, 1.807) is 12.0 Å². The molecule has 0 aliphatic heterocycles. The van der Waals surface area contributed by atoms with Gasteiger partial charge in [-0.1, -0.05) is 43.1 Å². The predicted octanol–water partition coefficient (Wildman–Crippen LogP) is 2.42. The van der Waals surface area contributed by atoms with Crippen LogP contribution in [0.25, 0.3) is 0 Å². The van der Waals surface area contributed by atoms with Crippen molar-refractivity contribution >= 4 is 18.8 Å². The second-order valence-corrected chi connectivity index (χ2v) is 4.40. The third-order valence-electron chi connectivity index (χ3n) is 2.61. The number of rotatable bonds is 6. The first-order valence-corrected chi connectivity index (χ1v) is 6.37. The van der Waals surface area contributed by atoms with E-state index in [4.69, 9.17) is 4.74 Å². The van der Waals surface area contributed by atoms with E-state index >= 15 is 0 Å². The first-order chi connectivity index (χ1) is 8.69. The molecular weight excluding hydrogens is 248 g/mol. The number of hydrogen-bond acceptors (Lipinski definition) is 3. The summed E-state index contributed by atoms with van der Waals surface area (Å²) in [5, 5.41) is 0. The summed E-state index contributed by atoms with van der Waals surface area (Å²) >= 11 is 4.23. The number of urea groups is 1. The maximum atomic E-state index is 12.0. The Morgan fingerprint density at radius 3 is 2.56 bits per heavy atom. The Bertz CT molecular complexity index is 359. The number of nitrogens with zero attached hydrogens (tertiary/aromatic N) is 2. The number of thiol groups is 1. The van der Waals surface area contributed by atoms with Gasteiger partial charge in [-0.3, -0.25) is 4.31 Å². The molecule has 0 unspecified atom stereocenters. The molecule has 0 atom stereocenters. The summed E-state index contributed by atoms with van der Waals surface area (Å²) < 4.78 is 6.40. The van der Waals surface area contributed by atoms with Gasteiger partial charge in [0.05, 0.1) is 0 Å². The predicted molar refractivity (Wildman–Crippen MR) is 75.5 cm³/mol. The van der Waals surface area contributed by atoms with Crippen molar-refractivity contribution < 1.29 is 9.53 Å². The Balaban J connectivity index is 2.44. The Labute approximate surface area is 114 Å². The van der Waals surface area contributed by atoms with Crippen LogP contribution >= 0.6 is 12.8 Å². The van der Waals surface area contributed by atoms with Crippen LogP contribution in [0.15, 0.2) is 30.3 Å². The van der Waals surface area contributed by atoms with Crippen LogP contribution < -0.4 is 0 Å². The molecule has 1 rings (SSSR count). The molecule has 0 saturated heterocycles. The number of ether oxygens (including phenoxy) is 1. The van der Waals surface area contributed by atoms with Gasteiger partial charge in [0.2, 0.25) is 0 Å². The summed E-state index contributed by atoms with van der Waals surface area (Å²) in [7, 11) is 1.57. The van der Waals surface area contributed by atoms with E-state index in [0.717, 1.165) is 6.42 Å². The van der Waals surface area contributed by atoms with Crippen LogP contribution in [0.2, 0.25) is 0 Å². The van der Waals surface area contributed by atoms with Gasteiger partial charge in [0.1, 0.15) is 6.73 Å². The largest absolute Gasteiger partial charge is 0.364 e. The molecule has 5 heteroatoms. The van der Waals surface area contributed by atoms with E-state index in [0.29, 0.717) is 13.1 Å². The van der Waals surface area contributed by atoms with Crippen LogP contribution in [0.5, 0.6) is 0 Å². The number of hydrogen-bond donors (Lipinski definition) is 1. The Morgan fingerprint density at radius 1 is 1.33 bits per heavy atom. The van der Waals surface area contributed by atoms with Crippen LogP contribution in [0.3, 0.4) is 0 Å². The van der Waals surface area contributed by atoms with Crippen molar-refractivity contribution in [3.63, 3.8) is 0 Å². The first kappa shape index (κ1) is 14.9. The second-order valence-electron chi connectivity index (χ2n) is 3.92. The molecule has 0 bridgehead atoms. The van der Waals surface area contributed by atoms with Crippen molar-refractivity contribution in [3.8, 4) is 0 Å². The van der Waals surface area contributed by atoms with Crippen molar-refractivity contribution in [2.45, 2.75) is 13.3 Å². The highest BCUT2D eigenvalue weighted by Crippen LogP contribution is 2.06. The van der Waals surface area contributed by atoms with Gasteiger partial charge >= 0.3 is 6.03 Å². The SMILES string of the molecule is CCN(COC)C(=O)N(S)CCc1ccccc1. The fourth-order valence-electron chi connectivity index (χ4n) is 1.58. The Morgan fingerprint density at radius 2 is 2.00 bits per heavy atom. The summed E-state index contributed by atoms with van der Waals surface area (Å²) in [6.07, 6.45) is 0.792. The highest BCUT2D eigenvalue weighted by Gasteiger charge is 2.16. The fourth-order valence-corrected chi connectivity index (χ4v) is 1.80. The molecule has 0 aromatic heterocycles. The maximum Gasteiger partial charge on any atom is 0.331 e. The summed E-state index contributed by atoms with van der Waals surface area (Å²) in [4.78, 5) is 13.6. The van der Waals surface area contributed by atoms with Gasteiger partial charge in [-0.15, -0.1) is 0 Å². The molecule has 1 aromatic rings. The third kappa shape index (κ3) is 4.58.